The van der Waals surface area contributed by atoms with E-state index in [0.29, 0.717) is 6.54 Å². The fourth-order valence-electron chi connectivity index (χ4n) is 1.56. The zero-order valence-corrected chi connectivity index (χ0v) is 9.06. The molecule has 1 amide bonds. The molecule has 2 rings (SSSR count). The van der Waals surface area contributed by atoms with Crippen molar-refractivity contribution < 1.29 is 4.79 Å². The summed E-state index contributed by atoms with van der Waals surface area (Å²) in [6.45, 7) is 1.61. The van der Waals surface area contributed by atoms with Crippen LogP contribution in [0.15, 0.2) is 12.4 Å². The van der Waals surface area contributed by atoms with E-state index in [-0.39, 0.29) is 30.9 Å². The fraction of sp³-hybridized carbons (Fsp3) is 0.625. The third kappa shape index (κ3) is 2.90. The topological polar surface area (TPSA) is 77.0 Å². The maximum Gasteiger partial charge on any atom is 0.246 e. The zero-order chi connectivity index (χ0) is 9.97. The van der Waals surface area contributed by atoms with Gasteiger partial charge in [-0.2, -0.15) is 15.0 Å². The number of amides is 1. The lowest BCUT2D eigenvalue weighted by molar-refractivity contribution is -0.131. The van der Waals surface area contributed by atoms with Crippen LogP contribution in [0.5, 0.6) is 0 Å². The summed E-state index contributed by atoms with van der Waals surface area (Å²) < 4.78 is 0. The molecule has 7 heteroatoms. The maximum atomic E-state index is 11.6. The Morgan fingerprint density at radius 1 is 1.47 bits per heavy atom. The Labute approximate surface area is 93.8 Å². The second-order valence-corrected chi connectivity index (χ2v) is 3.45. The Morgan fingerprint density at radius 2 is 2.13 bits per heavy atom. The number of halogens is 1. The standard InChI is InChI=1S/C8H13N5O.ClH/c9-7-1-4-12(5-7)8(14)6-13-10-2-3-11-13;/h2-3,7H,1,4-6,9H2;1H/t7-;/m1./s1. The molecule has 0 aliphatic carbocycles. The van der Waals surface area contributed by atoms with Gasteiger partial charge in [-0.25, -0.2) is 0 Å². The van der Waals surface area contributed by atoms with Crippen molar-refractivity contribution in [1.29, 1.82) is 0 Å². The number of hydrogen-bond donors (Lipinski definition) is 1. The third-order valence-corrected chi connectivity index (χ3v) is 2.32. The molecule has 0 spiro atoms. The predicted molar refractivity (Wildman–Crippen MR) is 56.4 cm³/mol. The van der Waals surface area contributed by atoms with Gasteiger partial charge in [0.05, 0.1) is 12.4 Å². The molecule has 2 heterocycles. The quantitative estimate of drug-likeness (QED) is 0.727. The number of likely N-dealkylation sites (tertiary alicyclic amines) is 1. The minimum atomic E-state index is 0. The van der Waals surface area contributed by atoms with Crippen LogP contribution in [-0.4, -0.2) is 44.9 Å². The van der Waals surface area contributed by atoms with Gasteiger partial charge in [0.1, 0.15) is 6.54 Å². The Bertz CT molecular complexity index is 315. The highest BCUT2D eigenvalue weighted by molar-refractivity contribution is 5.85. The third-order valence-electron chi connectivity index (χ3n) is 2.32. The van der Waals surface area contributed by atoms with Crippen molar-refractivity contribution in [2.75, 3.05) is 13.1 Å². The first-order chi connectivity index (χ1) is 6.75. The van der Waals surface area contributed by atoms with Gasteiger partial charge in [-0.1, -0.05) is 0 Å². The Balaban J connectivity index is 0.00000112. The number of aromatic nitrogens is 3. The van der Waals surface area contributed by atoms with Crippen LogP contribution in [-0.2, 0) is 11.3 Å². The van der Waals surface area contributed by atoms with Crippen LogP contribution in [0.25, 0.3) is 0 Å². The predicted octanol–water partition coefficient (Wildman–Crippen LogP) is -0.741. The summed E-state index contributed by atoms with van der Waals surface area (Å²) in [7, 11) is 0. The minimum Gasteiger partial charge on any atom is -0.339 e. The molecule has 84 valence electrons. The van der Waals surface area contributed by atoms with Crippen LogP contribution in [0.2, 0.25) is 0 Å². The van der Waals surface area contributed by atoms with Crippen LogP contribution in [0.3, 0.4) is 0 Å². The summed E-state index contributed by atoms with van der Waals surface area (Å²) in [5.74, 6) is 0.0363. The van der Waals surface area contributed by atoms with Crippen molar-refractivity contribution in [3.63, 3.8) is 0 Å². The molecule has 0 aromatic carbocycles. The van der Waals surface area contributed by atoms with E-state index in [4.69, 9.17) is 5.73 Å². The first kappa shape index (κ1) is 11.9. The average Bonchev–Trinajstić information content (AvgIpc) is 2.75. The largest absolute Gasteiger partial charge is 0.339 e. The zero-order valence-electron chi connectivity index (χ0n) is 8.24. The molecule has 1 aromatic heterocycles. The van der Waals surface area contributed by atoms with E-state index >= 15 is 0 Å². The lowest BCUT2D eigenvalue weighted by atomic mass is 10.3. The number of nitrogens with zero attached hydrogens (tertiary/aromatic N) is 4. The molecule has 0 unspecified atom stereocenters. The van der Waals surface area contributed by atoms with Crippen LogP contribution >= 0.6 is 12.4 Å². The number of carbonyl (C=O) groups excluding carboxylic acids is 1. The summed E-state index contributed by atoms with van der Waals surface area (Å²) >= 11 is 0. The molecule has 6 nitrogen and oxygen atoms in total. The smallest absolute Gasteiger partial charge is 0.246 e. The first-order valence-corrected chi connectivity index (χ1v) is 4.63. The van der Waals surface area contributed by atoms with Gasteiger partial charge in [-0.05, 0) is 6.42 Å². The molecule has 0 radical (unpaired) electrons. The number of hydrogen-bond acceptors (Lipinski definition) is 4. The van der Waals surface area contributed by atoms with E-state index in [9.17, 15) is 4.79 Å². The highest BCUT2D eigenvalue weighted by Gasteiger charge is 2.23. The molecule has 15 heavy (non-hydrogen) atoms. The van der Waals surface area contributed by atoms with Gasteiger partial charge in [0.15, 0.2) is 0 Å². The molecule has 1 atom stereocenters. The maximum absolute atomic E-state index is 11.6. The molecule has 1 fully saturated rings. The molecule has 1 aliphatic rings. The lowest BCUT2D eigenvalue weighted by Gasteiger charge is -2.14. The Morgan fingerprint density at radius 3 is 2.67 bits per heavy atom. The van der Waals surface area contributed by atoms with Gasteiger partial charge in [-0.15, -0.1) is 12.4 Å². The normalized spacial score (nSPS) is 20.1. The minimum absolute atomic E-state index is 0. The summed E-state index contributed by atoms with van der Waals surface area (Å²) in [5.41, 5.74) is 5.70. The van der Waals surface area contributed by atoms with E-state index < -0.39 is 0 Å². The van der Waals surface area contributed by atoms with Crippen molar-refractivity contribution in [2.24, 2.45) is 5.73 Å². The Kier molecular flexibility index (Phi) is 4.05. The molecule has 1 aliphatic heterocycles. The van der Waals surface area contributed by atoms with E-state index in [2.05, 4.69) is 10.2 Å². The fourth-order valence-corrected chi connectivity index (χ4v) is 1.56. The van der Waals surface area contributed by atoms with Crippen LogP contribution < -0.4 is 5.73 Å². The molecular formula is C8H14ClN5O. The van der Waals surface area contributed by atoms with Crippen molar-refractivity contribution in [2.45, 2.75) is 19.0 Å². The van der Waals surface area contributed by atoms with Crippen LogP contribution in [0.1, 0.15) is 6.42 Å². The highest BCUT2D eigenvalue weighted by Crippen LogP contribution is 2.07. The summed E-state index contributed by atoms with van der Waals surface area (Å²) in [6.07, 6.45) is 4.00. The van der Waals surface area contributed by atoms with Gasteiger partial charge >= 0.3 is 0 Å². The van der Waals surface area contributed by atoms with Gasteiger partial charge in [0.2, 0.25) is 5.91 Å². The Hall–Kier alpha value is -1.14. The van der Waals surface area contributed by atoms with Crippen LogP contribution in [0.4, 0.5) is 0 Å². The van der Waals surface area contributed by atoms with Gasteiger partial charge < -0.3 is 10.6 Å². The van der Waals surface area contributed by atoms with E-state index in [1.807, 2.05) is 0 Å². The lowest BCUT2D eigenvalue weighted by Crippen LogP contribution is -2.34. The summed E-state index contributed by atoms with van der Waals surface area (Å²) in [4.78, 5) is 14.8. The van der Waals surface area contributed by atoms with Crippen molar-refractivity contribution in [1.82, 2.24) is 19.9 Å². The number of carbonyl (C=O) groups is 1. The molecular weight excluding hydrogens is 218 g/mol. The highest BCUT2D eigenvalue weighted by atomic mass is 35.5. The first-order valence-electron chi connectivity index (χ1n) is 4.63. The van der Waals surface area contributed by atoms with E-state index in [0.717, 1.165) is 13.0 Å². The SMILES string of the molecule is Cl.N[C@@H]1CCN(C(=O)Cn2nccn2)C1. The molecule has 0 saturated carbocycles. The van der Waals surface area contributed by atoms with Gasteiger partial charge in [-0.3, -0.25) is 4.79 Å². The van der Waals surface area contributed by atoms with Gasteiger partial charge in [0.25, 0.3) is 0 Å². The number of nitrogens with two attached hydrogens (primary N) is 1. The van der Waals surface area contributed by atoms with Crippen molar-refractivity contribution in [3.05, 3.63) is 12.4 Å². The van der Waals surface area contributed by atoms with Crippen molar-refractivity contribution in [3.8, 4) is 0 Å². The van der Waals surface area contributed by atoms with Gasteiger partial charge in [0, 0.05) is 19.1 Å². The summed E-state index contributed by atoms with van der Waals surface area (Å²) in [5, 5.41) is 7.75. The monoisotopic (exact) mass is 231 g/mol. The second-order valence-electron chi connectivity index (χ2n) is 3.45. The second kappa shape index (κ2) is 5.09. The van der Waals surface area contributed by atoms with E-state index in [1.165, 1.54) is 4.80 Å². The molecule has 2 N–H and O–H groups in total. The number of rotatable bonds is 2. The molecule has 1 aromatic rings. The summed E-state index contributed by atoms with van der Waals surface area (Å²) in [6, 6.07) is 0.129. The van der Waals surface area contributed by atoms with Crippen molar-refractivity contribution >= 4 is 18.3 Å². The van der Waals surface area contributed by atoms with Crippen LogP contribution in [0, 0.1) is 0 Å². The molecule has 0 bridgehead atoms. The average molecular weight is 232 g/mol. The molecule has 1 saturated heterocycles. The van der Waals surface area contributed by atoms with E-state index in [1.54, 1.807) is 17.3 Å².